The van der Waals surface area contributed by atoms with Crippen molar-refractivity contribution in [2.24, 2.45) is 0 Å². The van der Waals surface area contributed by atoms with Gasteiger partial charge in [0.25, 0.3) is 0 Å². The largest absolute Gasteiger partial charge is 0.489 e. The van der Waals surface area contributed by atoms with E-state index in [2.05, 4.69) is 17.1 Å². The number of benzene rings is 2. The first-order valence-corrected chi connectivity index (χ1v) is 10.1. The molecule has 1 aliphatic rings. The lowest BCUT2D eigenvalue weighted by Crippen LogP contribution is -2.38. The third-order valence-electron chi connectivity index (χ3n) is 4.86. The molecular weight excluding hydrogens is 392 g/mol. The van der Waals surface area contributed by atoms with Crippen molar-refractivity contribution in [3.8, 4) is 11.5 Å². The predicted molar refractivity (Wildman–Crippen MR) is 114 cm³/mol. The Morgan fingerprint density at radius 1 is 1.28 bits per heavy atom. The van der Waals surface area contributed by atoms with Crippen molar-refractivity contribution in [3.05, 3.63) is 53.6 Å². The molecule has 0 spiro atoms. The van der Waals surface area contributed by atoms with Gasteiger partial charge in [0.05, 0.1) is 5.69 Å². The average Bonchev–Trinajstić information content (AvgIpc) is 3.01. The molecule has 0 radical (unpaired) electrons. The Labute approximate surface area is 176 Å². The van der Waals surface area contributed by atoms with Gasteiger partial charge in [-0.25, -0.2) is 0 Å². The first-order valence-electron chi connectivity index (χ1n) is 9.74. The third kappa shape index (κ3) is 6.35. The number of aliphatic hydroxyl groups excluding tert-OH is 1. The third-order valence-corrected chi connectivity index (χ3v) is 5.11. The van der Waals surface area contributed by atoms with Gasteiger partial charge in [-0.1, -0.05) is 23.7 Å². The summed E-state index contributed by atoms with van der Waals surface area (Å²) < 4.78 is 11.8. The van der Waals surface area contributed by atoms with E-state index in [0.29, 0.717) is 29.0 Å². The van der Waals surface area contributed by atoms with Crippen LogP contribution in [0.1, 0.15) is 20.3 Å². The van der Waals surface area contributed by atoms with E-state index >= 15 is 0 Å². The normalized spacial score (nSPS) is 20.3. The SMILES string of the molecule is CC(=O)Nc1ccccc1OC[C@@H](O)CN1C[C@@H](Oc2ccc(Cl)cc2)C[C@H]1C. The molecule has 7 heteroatoms. The summed E-state index contributed by atoms with van der Waals surface area (Å²) in [5, 5.41) is 13.9. The summed E-state index contributed by atoms with van der Waals surface area (Å²) in [6.45, 7) is 4.95. The van der Waals surface area contributed by atoms with Crippen molar-refractivity contribution in [3.63, 3.8) is 0 Å². The number of hydrogen-bond acceptors (Lipinski definition) is 5. The number of carbonyl (C=O) groups is 1. The Bertz CT molecular complexity index is 815. The van der Waals surface area contributed by atoms with Crippen LogP contribution in [0.4, 0.5) is 5.69 Å². The number of aliphatic hydroxyl groups is 1. The van der Waals surface area contributed by atoms with Gasteiger partial charge in [0.15, 0.2) is 0 Å². The van der Waals surface area contributed by atoms with Crippen molar-refractivity contribution in [1.29, 1.82) is 0 Å². The van der Waals surface area contributed by atoms with Crippen molar-refractivity contribution in [1.82, 2.24) is 4.90 Å². The fourth-order valence-corrected chi connectivity index (χ4v) is 3.61. The van der Waals surface area contributed by atoms with E-state index in [-0.39, 0.29) is 18.6 Å². The van der Waals surface area contributed by atoms with E-state index in [1.54, 1.807) is 12.1 Å². The van der Waals surface area contributed by atoms with Gasteiger partial charge in [0, 0.05) is 37.5 Å². The van der Waals surface area contributed by atoms with Crippen LogP contribution in [-0.2, 0) is 4.79 Å². The summed E-state index contributed by atoms with van der Waals surface area (Å²) in [4.78, 5) is 13.5. The van der Waals surface area contributed by atoms with Crippen molar-refractivity contribution < 1.29 is 19.4 Å². The molecule has 3 rings (SSSR count). The molecule has 1 aliphatic heterocycles. The second kappa shape index (κ2) is 9.96. The number of para-hydroxylation sites is 2. The quantitative estimate of drug-likeness (QED) is 0.685. The van der Waals surface area contributed by atoms with Gasteiger partial charge < -0.3 is 19.9 Å². The highest BCUT2D eigenvalue weighted by Crippen LogP contribution is 2.26. The molecule has 0 unspecified atom stereocenters. The zero-order chi connectivity index (χ0) is 20.8. The molecule has 3 atom stereocenters. The van der Waals surface area contributed by atoms with Gasteiger partial charge in [-0.05, 0) is 43.3 Å². The minimum Gasteiger partial charge on any atom is -0.489 e. The number of likely N-dealkylation sites (tertiary alicyclic amines) is 1. The van der Waals surface area contributed by atoms with Crippen LogP contribution >= 0.6 is 11.6 Å². The number of rotatable bonds is 8. The molecule has 2 aromatic carbocycles. The van der Waals surface area contributed by atoms with Gasteiger partial charge in [0.1, 0.15) is 30.3 Å². The summed E-state index contributed by atoms with van der Waals surface area (Å²) >= 11 is 5.92. The van der Waals surface area contributed by atoms with E-state index in [1.165, 1.54) is 6.92 Å². The van der Waals surface area contributed by atoms with E-state index in [4.69, 9.17) is 21.1 Å². The summed E-state index contributed by atoms with van der Waals surface area (Å²) in [5.74, 6) is 1.17. The maximum Gasteiger partial charge on any atom is 0.221 e. The molecular formula is C22H27ClN2O4. The molecule has 0 saturated carbocycles. The molecule has 2 aromatic rings. The first kappa shape index (κ1) is 21.4. The van der Waals surface area contributed by atoms with Crippen molar-refractivity contribution >= 4 is 23.2 Å². The molecule has 29 heavy (non-hydrogen) atoms. The van der Waals surface area contributed by atoms with Crippen LogP contribution in [-0.4, -0.2) is 53.9 Å². The minimum atomic E-state index is -0.655. The van der Waals surface area contributed by atoms with Crippen LogP contribution in [0, 0.1) is 0 Å². The predicted octanol–water partition coefficient (Wildman–Crippen LogP) is 3.58. The fraction of sp³-hybridized carbons (Fsp3) is 0.409. The summed E-state index contributed by atoms with van der Waals surface area (Å²) in [7, 11) is 0. The Morgan fingerprint density at radius 3 is 2.72 bits per heavy atom. The van der Waals surface area contributed by atoms with Crippen LogP contribution in [0.5, 0.6) is 11.5 Å². The van der Waals surface area contributed by atoms with E-state index in [0.717, 1.165) is 18.7 Å². The number of nitrogens with one attached hydrogen (secondary N) is 1. The minimum absolute atomic E-state index is 0.0692. The lowest BCUT2D eigenvalue weighted by molar-refractivity contribution is -0.114. The zero-order valence-corrected chi connectivity index (χ0v) is 17.4. The number of anilines is 1. The van der Waals surface area contributed by atoms with Crippen LogP contribution in [0.3, 0.4) is 0 Å². The maximum atomic E-state index is 11.3. The molecule has 0 aromatic heterocycles. The summed E-state index contributed by atoms with van der Waals surface area (Å²) in [6.07, 6.45) is 0.304. The molecule has 2 N–H and O–H groups in total. The number of halogens is 1. The molecule has 156 valence electrons. The van der Waals surface area contributed by atoms with Gasteiger partial charge in [-0.2, -0.15) is 0 Å². The second-order valence-electron chi connectivity index (χ2n) is 7.37. The lowest BCUT2D eigenvalue weighted by Gasteiger charge is -2.24. The number of carbonyl (C=O) groups excluding carboxylic acids is 1. The highest BCUT2D eigenvalue weighted by molar-refractivity contribution is 6.30. The van der Waals surface area contributed by atoms with Crippen molar-refractivity contribution in [2.75, 3.05) is 25.0 Å². The van der Waals surface area contributed by atoms with Crippen LogP contribution in [0.25, 0.3) is 0 Å². The van der Waals surface area contributed by atoms with E-state index < -0.39 is 6.10 Å². The Morgan fingerprint density at radius 2 is 2.00 bits per heavy atom. The highest BCUT2D eigenvalue weighted by atomic mass is 35.5. The molecule has 0 aliphatic carbocycles. The van der Waals surface area contributed by atoms with Gasteiger partial charge in [0.2, 0.25) is 5.91 Å². The zero-order valence-electron chi connectivity index (χ0n) is 16.7. The molecule has 0 bridgehead atoms. The first-order chi connectivity index (χ1) is 13.9. The van der Waals surface area contributed by atoms with Crippen molar-refractivity contribution in [2.45, 2.75) is 38.5 Å². The lowest BCUT2D eigenvalue weighted by atomic mass is 10.2. The molecule has 1 fully saturated rings. The van der Waals surface area contributed by atoms with Crippen LogP contribution in [0.2, 0.25) is 5.02 Å². The number of hydrogen-bond donors (Lipinski definition) is 2. The average molecular weight is 419 g/mol. The Kier molecular flexibility index (Phi) is 7.36. The smallest absolute Gasteiger partial charge is 0.221 e. The maximum absolute atomic E-state index is 11.3. The topological polar surface area (TPSA) is 71.0 Å². The number of β-amino-alcohol motifs (C(OH)–C–C–N with tert-alkyl or cyclic N) is 1. The van der Waals surface area contributed by atoms with Gasteiger partial charge in [-0.3, -0.25) is 9.69 Å². The van der Waals surface area contributed by atoms with Gasteiger partial charge >= 0.3 is 0 Å². The standard InChI is InChI=1S/C22H27ClN2O4/c1-15-11-20(29-19-9-7-17(23)8-10-19)13-25(15)12-18(27)14-28-22-6-4-3-5-21(22)24-16(2)26/h3-10,15,18,20,27H,11-14H2,1-2H3,(H,24,26)/t15-,18+,20+/m1/s1. The molecule has 1 heterocycles. The number of ether oxygens (including phenoxy) is 2. The summed E-state index contributed by atoms with van der Waals surface area (Å²) in [5.41, 5.74) is 0.596. The van der Waals surface area contributed by atoms with Gasteiger partial charge in [-0.15, -0.1) is 0 Å². The van der Waals surface area contributed by atoms with E-state index in [1.807, 2.05) is 36.4 Å². The monoisotopic (exact) mass is 418 g/mol. The summed E-state index contributed by atoms with van der Waals surface area (Å²) in [6, 6.07) is 14.8. The molecule has 1 saturated heterocycles. The van der Waals surface area contributed by atoms with Crippen LogP contribution in [0.15, 0.2) is 48.5 Å². The highest BCUT2D eigenvalue weighted by Gasteiger charge is 2.31. The molecule has 6 nitrogen and oxygen atoms in total. The number of amides is 1. The second-order valence-corrected chi connectivity index (χ2v) is 7.81. The Balaban J connectivity index is 1.48. The fourth-order valence-electron chi connectivity index (χ4n) is 3.49. The Hall–Kier alpha value is -2.28. The number of nitrogens with zero attached hydrogens (tertiary/aromatic N) is 1. The van der Waals surface area contributed by atoms with E-state index in [9.17, 15) is 9.90 Å². The molecule has 1 amide bonds. The van der Waals surface area contributed by atoms with Crippen LogP contribution < -0.4 is 14.8 Å².